The van der Waals surface area contributed by atoms with Crippen LogP contribution in [0.15, 0.2) is 48.7 Å². The van der Waals surface area contributed by atoms with Gasteiger partial charge in [0.2, 0.25) is 11.7 Å². The number of benzene rings is 3. The fourth-order valence-corrected chi connectivity index (χ4v) is 6.68. The number of carbonyl (C=O) groups excluding carboxylic acids is 3. The zero-order valence-corrected chi connectivity index (χ0v) is 29.9. The third-order valence-electron chi connectivity index (χ3n) is 9.35. The number of rotatable bonds is 10. The maximum absolute atomic E-state index is 13.7. The van der Waals surface area contributed by atoms with Gasteiger partial charge in [-0.25, -0.2) is 4.79 Å². The van der Waals surface area contributed by atoms with Gasteiger partial charge in [0.25, 0.3) is 0 Å². The number of aromatic amines is 1. The Kier molecular flexibility index (Phi) is 12.3. The van der Waals surface area contributed by atoms with Crippen LogP contribution >= 0.6 is 0 Å². The number of amides is 1. The van der Waals surface area contributed by atoms with Gasteiger partial charge in [-0.1, -0.05) is 12.2 Å². The summed E-state index contributed by atoms with van der Waals surface area (Å²) in [5.74, 6) is -1.89. The molecule has 1 aliphatic rings. The van der Waals surface area contributed by atoms with Crippen LogP contribution < -0.4 is 19.5 Å². The molecular weight excluding hydrogens is 668 g/mol. The summed E-state index contributed by atoms with van der Waals surface area (Å²) < 4.78 is 22.4. The highest BCUT2D eigenvalue weighted by molar-refractivity contribution is 5.98. The van der Waals surface area contributed by atoms with Gasteiger partial charge in [0.1, 0.15) is 28.6 Å². The van der Waals surface area contributed by atoms with Crippen molar-refractivity contribution < 1.29 is 48.7 Å². The van der Waals surface area contributed by atoms with Crippen LogP contribution in [-0.4, -0.2) is 71.9 Å². The third-order valence-corrected chi connectivity index (χ3v) is 9.35. The summed E-state index contributed by atoms with van der Waals surface area (Å²) in [6.45, 7) is 1.98. The molecule has 1 amide bonds. The molecule has 0 saturated carbocycles. The lowest BCUT2D eigenvalue weighted by atomic mass is 9.84. The number of allylic oxidation sites excluding steroid dienone is 1. The van der Waals surface area contributed by atoms with Gasteiger partial charge < -0.3 is 44.6 Å². The first-order chi connectivity index (χ1) is 25.0. The van der Waals surface area contributed by atoms with E-state index in [0.717, 1.165) is 16.5 Å². The summed E-state index contributed by atoms with van der Waals surface area (Å²) in [4.78, 5) is 42.8. The predicted molar refractivity (Wildman–Crippen MR) is 196 cm³/mol. The number of H-pyrrole nitrogens is 1. The quantitative estimate of drug-likeness (QED) is 0.112. The number of hydrogen-bond acceptors (Lipinski definition) is 10. The van der Waals surface area contributed by atoms with Crippen LogP contribution in [0.5, 0.6) is 34.5 Å². The average Bonchev–Trinajstić information content (AvgIpc) is 3.51. The van der Waals surface area contributed by atoms with Crippen molar-refractivity contribution in [1.82, 2.24) is 10.3 Å². The highest BCUT2D eigenvalue weighted by Crippen LogP contribution is 2.47. The second kappa shape index (κ2) is 17.0. The molecule has 5 rings (SSSR count). The third kappa shape index (κ3) is 8.62. The highest BCUT2D eigenvalue weighted by Gasteiger charge is 2.32. The molecule has 2 heterocycles. The van der Waals surface area contributed by atoms with E-state index in [1.807, 2.05) is 6.20 Å². The van der Waals surface area contributed by atoms with E-state index in [0.29, 0.717) is 56.3 Å². The van der Waals surface area contributed by atoms with E-state index in [9.17, 15) is 29.7 Å². The van der Waals surface area contributed by atoms with Crippen LogP contribution in [0.1, 0.15) is 90.4 Å². The lowest BCUT2D eigenvalue weighted by Crippen LogP contribution is -2.27. The number of phenolic OH excluding ortho intramolecular Hbond substituents is 3. The Hall–Kier alpha value is -5.65. The number of methoxy groups -OCH3 is 3. The minimum atomic E-state index is -1.00. The summed E-state index contributed by atoms with van der Waals surface area (Å²) >= 11 is 0. The number of ketones is 1. The molecule has 3 aromatic carbocycles. The van der Waals surface area contributed by atoms with Crippen molar-refractivity contribution in [3.05, 3.63) is 76.5 Å². The van der Waals surface area contributed by atoms with Crippen LogP contribution in [0.2, 0.25) is 0 Å². The van der Waals surface area contributed by atoms with Gasteiger partial charge in [-0.2, -0.15) is 0 Å². The number of aromatic nitrogens is 1. The van der Waals surface area contributed by atoms with Gasteiger partial charge in [-0.15, -0.1) is 0 Å². The molecule has 12 nitrogen and oxygen atoms in total. The van der Waals surface area contributed by atoms with Crippen molar-refractivity contribution in [2.24, 2.45) is 0 Å². The maximum Gasteiger partial charge on any atom is 0.342 e. The summed E-state index contributed by atoms with van der Waals surface area (Å²) in [6, 6.07) is 9.66. The van der Waals surface area contributed by atoms with Crippen LogP contribution in [0.3, 0.4) is 0 Å². The Balaban J connectivity index is 1.54. The molecule has 0 bridgehead atoms. The molecule has 276 valence electrons. The zero-order valence-electron chi connectivity index (χ0n) is 29.9. The SMILES string of the molecule is COc1cc(C(CC(=O)NCCc2c[nH]c3ccc(O)cc23)c2c(O)cc3c(c2O)C(=O)OC(C)CCCC(=O)CCCC=C3)cc(OC)c1OC. The van der Waals surface area contributed by atoms with E-state index in [1.54, 1.807) is 49.4 Å². The Morgan fingerprint density at radius 2 is 1.73 bits per heavy atom. The molecule has 1 aromatic heterocycles. The molecule has 4 aromatic rings. The first-order valence-corrected chi connectivity index (χ1v) is 17.4. The monoisotopic (exact) mass is 714 g/mol. The number of carbonyl (C=O) groups is 3. The molecule has 1 aliphatic heterocycles. The molecule has 0 saturated heterocycles. The van der Waals surface area contributed by atoms with Crippen LogP contribution in [0.25, 0.3) is 17.0 Å². The molecule has 0 spiro atoms. The number of phenols is 3. The van der Waals surface area contributed by atoms with E-state index in [2.05, 4.69) is 10.3 Å². The van der Waals surface area contributed by atoms with Crippen molar-refractivity contribution in [3.63, 3.8) is 0 Å². The average molecular weight is 715 g/mol. The molecule has 0 radical (unpaired) electrons. The number of cyclic esters (lactones) is 1. The number of nitrogens with one attached hydrogen (secondary N) is 2. The summed E-state index contributed by atoms with van der Waals surface area (Å²) in [7, 11) is 4.37. The zero-order chi connectivity index (χ0) is 37.4. The van der Waals surface area contributed by atoms with Gasteiger partial charge in [0, 0.05) is 54.4 Å². The highest BCUT2D eigenvalue weighted by atomic mass is 16.5. The normalized spacial score (nSPS) is 16.0. The number of ether oxygens (including phenoxy) is 4. The van der Waals surface area contributed by atoms with Crippen molar-refractivity contribution in [2.75, 3.05) is 27.9 Å². The molecule has 5 N–H and O–H groups in total. The molecule has 2 unspecified atom stereocenters. The Bertz CT molecular complexity index is 1940. The van der Waals surface area contributed by atoms with Crippen molar-refractivity contribution >= 4 is 34.6 Å². The van der Waals surface area contributed by atoms with Crippen molar-refractivity contribution in [3.8, 4) is 34.5 Å². The molecule has 2 atom stereocenters. The fourth-order valence-electron chi connectivity index (χ4n) is 6.68. The van der Waals surface area contributed by atoms with E-state index in [-0.39, 0.29) is 58.4 Å². The van der Waals surface area contributed by atoms with E-state index in [4.69, 9.17) is 18.9 Å². The van der Waals surface area contributed by atoms with Gasteiger partial charge >= 0.3 is 5.97 Å². The largest absolute Gasteiger partial charge is 0.508 e. The van der Waals surface area contributed by atoms with Crippen LogP contribution in [0.4, 0.5) is 0 Å². The first-order valence-electron chi connectivity index (χ1n) is 17.4. The van der Waals surface area contributed by atoms with Gasteiger partial charge in [0.05, 0.1) is 27.4 Å². The minimum Gasteiger partial charge on any atom is -0.508 e. The Morgan fingerprint density at radius 1 is 1.00 bits per heavy atom. The summed E-state index contributed by atoms with van der Waals surface area (Å²) in [5.41, 5.74) is 2.22. The Labute approximate surface area is 302 Å². The van der Waals surface area contributed by atoms with Crippen molar-refractivity contribution in [2.45, 2.75) is 70.3 Å². The number of hydrogen-bond donors (Lipinski definition) is 5. The fraction of sp³-hybridized carbons (Fsp3) is 0.375. The van der Waals surface area contributed by atoms with E-state index < -0.39 is 29.6 Å². The number of fused-ring (bicyclic) bond motifs is 2. The smallest absolute Gasteiger partial charge is 0.342 e. The minimum absolute atomic E-state index is 0.0556. The van der Waals surface area contributed by atoms with Crippen LogP contribution in [-0.2, 0) is 20.7 Å². The number of esters is 1. The molecule has 12 heteroatoms. The van der Waals surface area contributed by atoms with Gasteiger partial charge in [-0.3, -0.25) is 9.59 Å². The topological polar surface area (TPSA) is 177 Å². The summed E-state index contributed by atoms with van der Waals surface area (Å²) in [5, 5.41) is 37.3. The molecule has 0 aliphatic carbocycles. The summed E-state index contributed by atoms with van der Waals surface area (Å²) in [6.07, 6.45) is 7.93. The van der Waals surface area contributed by atoms with Crippen LogP contribution in [0, 0.1) is 0 Å². The Morgan fingerprint density at radius 3 is 2.44 bits per heavy atom. The molecule has 52 heavy (non-hydrogen) atoms. The number of aromatic hydroxyl groups is 3. The van der Waals surface area contributed by atoms with Crippen molar-refractivity contribution in [1.29, 1.82) is 0 Å². The lowest BCUT2D eigenvalue weighted by Gasteiger charge is -2.24. The van der Waals surface area contributed by atoms with Gasteiger partial charge in [-0.05, 0) is 92.1 Å². The van der Waals surface area contributed by atoms with E-state index in [1.165, 1.54) is 27.4 Å². The standard InChI is InChI=1S/C40H46N2O10/c1-23-9-8-12-27(43)11-7-5-6-10-24-17-32(45)37(38(47)36(24)40(48)52-23)30(26-18-33(49-2)39(51-4)34(19-26)50-3)21-35(46)41-16-15-25-22-42-31-14-13-28(44)20-29(25)31/h6,10,13-14,17-20,22-23,30,42,44-45,47H,5,7-9,11-12,15-16,21H2,1-4H3,(H,41,46). The second-order valence-electron chi connectivity index (χ2n) is 12.9. The first kappa shape index (κ1) is 37.6. The number of Topliss-reactive ketones (excluding diaryl/α,β-unsaturated/α-hetero) is 1. The molecular formula is C40H46N2O10. The maximum atomic E-state index is 13.7. The lowest BCUT2D eigenvalue weighted by molar-refractivity contribution is -0.121. The van der Waals surface area contributed by atoms with Gasteiger partial charge in [0.15, 0.2) is 11.5 Å². The second-order valence-corrected chi connectivity index (χ2v) is 12.9. The molecule has 0 fully saturated rings. The predicted octanol–water partition coefficient (Wildman–Crippen LogP) is 6.67. The van der Waals surface area contributed by atoms with E-state index >= 15 is 0 Å².